The number of para-hydroxylation sites is 1. The van der Waals surface area contributed by atoms with Crippen molar-refractivity contribution in [3.8, 4) is 17.0 Å². The first-order valence-corrected chi connectivity index (χ1v) is 12.3. The molecule has 3 aliphatic rings. The Morgan fingerprint density at radius 2 is 1.81 bits per heavy atom. The number of carbonyl (C=O) groups excluding carboxylic acids is 1. The van der Waals surface area contributed by atoms with E-state index < -0.39 is 12.1 Å². The third-order valence-electron chi connectivity index (χ3n) is 7.41. The van der Waals surface area contributed by atoms with Crippen molar-refractivity contribution in [2.75, 3.05) is 50.9 Å². The fourth-order valence-electron chi connectivity index (χ4n) is 5.52. The molecule has 1 fully saturated rings. The van der Waals surface area contributed by atoms with Gasteiger partial charge in [-0.1, -0.05) is 18.2 Å². The minimum absolute atomic E-state index is 0.250. The van der Waals surface area contributed by atoms with Gasteiger partial charge in [0.15, 0.2) is 5.65 Å². The molecule has 3 aliphatic heterocycles. The van der Waals surface area contributed by atoms with Crippen molar-refractivity contribution in [2.45, 2.75) is 12.1 Å². The highest BCUT2D eigenvalue weighted by molar-refractivity contribution is 5.78. The maximum absolute atomic E-state index is 11.7. The van der Waals surface area contributed by atoms with Gasteiger partial charge in [0.25, 0.3) is 0 Å². The summed E-state index contributed by atoms with van der Waals surface area (Å²) in [6.45, 7) is 3.22. The average Bonchev–Trinajstić information content (AvgIpc) is 3.52. The number of nitrogens with zero attached hydrogens (tertiary/aromatic N) is 7. The maximum Gasteiger partial charge on any atom is 0.248 e. The molecule has 11 heteroatoms. The second kappa shape index (κ2) is 8.49. The van der Waals surface area contributed by atoms with Crippen LogP contribution in [-0.2, 0) is 21.7 Å². The number of aliphatic hydroxyl groups is 1. The summed E-state index contributed by atoms with van der Waals surface area (Å²) in [5, 5.41) is 9.08. The van der Waals surface area contributed by atoms with Crippen molar-refractivity contribution in [1.82, 2.24) is 29.4 Å². The first kappa shape index (κ1) is 22.1. The number of anilines is 1. The molecule has 1 spiro atoms. The summed E-state index contributed by atoms with van der Waals surface area (Å²) in [7, 11) is 0. The predicted octanol–water partition coefficient (Wildman–Crippen LogP) is 1.20. The molecule has 0 unspecified atom stereocenters. The van der Waals surface area contributed by atoms with Crippen molar-refractivity contribution in [3.05, 3.63) is 60.2 Å². The van der Waals surface area contributed by atoms with Crippen molar-refractivity contribution >= 4 is 23.0 Å². The summed E-state index contributed by atoms with van der Waals surface area (Å²) >= 11 is 0. The number of imidazole rings is 1. The van der Waals surface area contributed by atoms with E-state index in [4.69, 9.17) is 24.5 Å². The Bertz CT molecular complexity index is 1500. The highest BCUT2D eigenvalue weighted by Crippen LogP contribution is 2.44. The molecule has 188 valence electrons. The lowest BCUT2D eigenvalue weighted by atomic mass is 9.91. The van der Waals surface area contributed by atoms with E-state index in [1.807, 2.05) is 35.2 Å². The Balaban J connectivity index is 1.21. The number of benzene rings is 1. The molecule has 3 aromatic heterocycles. The smallest absolute Gasteiger partial charge is 0.248 e. The second-order valence-electron chi connectivity index (χ2n) is 9.51. The summed E-state index contributed by atoms with van der Waals surface area (Å²) in [5.41, 5.74) is 3.72. The summed E-state index contributed by atoms with van der Waals surface area (Å²) in [5.74, 6) is 2.05. The van der Waals surface area contributed by atoms with Crippen LogP contribution in [0.4, 0.5) is 5.95 Å². The Kier molecular flexibility index (Phi) is 5.08. The van der Waals surface area contributed by atoms with E-state index in [9.17, 15) is 4.79 Å². The predicted molar refractivity (Wildman–Crippen MR) is 133 cm³/mol. The number of hydrogen-bond donors (Lipinski definition) is 1. The van der Waals surface area contributed by atoms with E-state index in [0.29, 0.717) is 51.9 Å². The van der Waals surface area contributed by atoms with Gasteiger partial charge in [0.1, 0.15) is 42.5 Å². The average molecular weight is 500 g/mol. The van der Waals surface area contributed by atoms with Crippen LogP contribution in [0.1, 0.15) is 11.4 Å². The van der Waals surface area contributed by atoms with Gasteiger partial charge >= 0.3 is 0 Å². The molecule has 11 nitrogen and oxygen atoms in total. The van der Waals surface area contributed by atoms with Crippen molar-refractivity contribution in [3.63, 3.8) is 0 Å². The highest BCUT2D eigenvalue weighted by Gasteiger charge is 2.47. The molecule has 37 heavy (non-hydrogen) atoms. The molecular weight excluding hydrogens is 474 g/mol. The number of pyridine rings is 1. The van der Waals surface area contributed by atoms with Gasteiger partial charge in [-0.05, 0) is 18.2 Å². The van der Waals surface area contributed by atoms with E-state index >= 15 is 0 Å². The standard InChI is InChI=1S/C26H25N7O4/c34-13-23(35)31-7-9-32(10-8-31)25-27-11-17(12-28-25)19-5-6-20-24(30-19)33-22(29-20)14-36-15-26(33)16-37-21-4-2-1-3-18(21)26/h1-6,11-12,34H,7-10,13-16H2/t26-/m1/s1. The van der Waals surface area contributed by atoms with Crippen LogP contribution in [-0.4, -0.2) is 86.4 Å². The molecule has 7 rings (SSSR count). The minimum Gasteiger partial charge on any atom is -0.490 e. The highest BCUT2D eigenvalue weighted by atomic mass is 16.5. The number of carbonyl (C=O) groups is 1. The van der Waals surface area contributed by atoms with Crippen molar-refractivity contribution in [2.24, 2.45) is 0 Å². The number of amides is 1. The van der Waals surface area contributed by atoms with Crippen LogP contribution in [0.3, 0.4) is 0 Å². The molecule has 1 saturated heterocycles. The minimum atomic E-state index is -0.509. The van der Waals surface area contributed by atoms with E-state index in [1.54, 1.807) is 17.3 Å². The Morgan fingerprint density at radius 3 is 2.62 bits per heavy atom. The number of rotatable bonds is 3. The van der Waals surface area contributed by atoms with Crippen LogP contribution in [0.15, 0.2) is 48.8 Å². The van der Waals surface area contributed by atoms with Gasteiger partial charge in [-0.25, -0.2) is 19.9 Å². The molecular formula is C26H25N7O4. The van der Waals surface area contributed by atoms with Crippen LogP contribution < -0.4 is 9.64 Å². The Labute approximate surface area is 212 Å². The zero-order valence-electron chi connectivity index (χ0n) is 20.1. The molecule has 1 atom stereocenters. The van der Waals surface area contributed by atoms with E-state index in [-0.39, 0.29) is 5.91 Å². The molecule has 0 radical (unpaired) electrons. The fraction of sp³-hybridized carbons (Fsp3) is 0.346. The van der Waals surface area contributed by atoms with Crippen LogP contribution in [0.2, 0.25) is 0 Å². The van der Waals surface area contributed by atoms with Gasteiger partial charge in [-0.2, -0.15) is 0 Å². The molecule has 6 heterocycles. The quantitative estimate of drug-likeness (QED) is 0.443. The lowest BCUT2D eigenvalue weighted by molar-refractivity contribution is -0.134. The Morgan fingerprint density at radius 1 is 1.00 bits per heavy atom. The SMILES string of the molecule is O=C(CO)N1CCN(c2ncc(-c3ccc4nc5n(c4n3)[C@]3(COC5)COc4ccccc43)cn2)CC1. The number of hydrogen-bond acceptors (Lipinski definition) is 9. The summed E-state index contributed by atoms with van der Waals surface area (Å²) in [6.07, 6.45) is 3.56. The van der Waals surface area contributed by atoms with Crippen LogP contribution in [0, 0.1) is 0 Å². The van der Waals surface area contributed by atoms with E-state index in [0.717, 1.165) is 39.6 Å². The second-order valence-corrected chi connectivity index (χ2v) is 9.51. The third kappa shape index (κ3) is 3.45. The largest absolute Gasteiger partial charge is 0.490 e. The number of ether oxygens (including phenoxy) is 2. The van der Waals surface area contributed by atoms with Gasteiger partial charge in [0.05, 0.1) is 12.3 Å². The molecule has 0 aliphatic carbocycles. The zero-order valence-corrected chi connectivity index (χ0v) is 20.1. The maximum atomic E-state index is 11.7. The summed E-state index contributed by atoms with van der Waals surface area (Å²) in [4.78, 5) is 34.4. The van der Waals surface area contributed by atoms with Crippen LogP contribution in [0.25, 0.3) is 22.4 Å². The lowest BCUT2D eigenvalue weighted by Crippen LogP contribution is -2.50. The molecule has 1 N–H and O–H groups in total. The lowest BCUT2D eigenvalue weighted by Gasteiger charge is -2.35. The zero-order chi connectivity index (χ0) is 25.0. The molecule has 0 bridgehead atoms. The van der Waals surface area contributed by atoms with Crippen LogP contribution >= 0.6 is 0 Å². The molecule has 1 aromatic carbocycles. The number of aromatic nitrogens is 5. The normalized spacial score (nSPS) is 20.7. The first-order chi connectivity index (χ1) is 18.2. The summed E-state index contributed by atoms with van der Waals surface area (Å²) in [6, 6.07) is 12.0. The Hall–Kier alpha value is -4.09. The fourth-order valence-corrected chi connectivity index (χ4v) is 5.52. The van der Waals surface area contributed by atoms with Crippen molar-refractivity contribution in [1.29, 1.82) is 0 Å². The molecule has 0 saturated carbocycles. The van der Waals surface area contributed by atoms with Crippen molar-refractivity contribution < 1.29 is 19.4 Å². The molecule has 1 amide bonds. The number of aliphatic hydroxyl groups excluding tert-OH is 1. The first-order valence-electron chi connectivity index (χ1n) is 12.3. The number of piperazine rings is 1. The van der Waals surface area contributed by atoms with Gasteiger partial charge in [-0.3, -0.25) is 9.36 Å². The van der Waals surface area contributed by atoms with Gasteiger partial charge < -0.3 is 24.4 Å². The van der Waals surface area contributed by atoms with Gasteiger partial charge in [-0.15, -0.1) is 0 Å². The third-order valence-corrected chi connectivity index (χ3v) is 7.41. The topological polar surface area (TPSA) is 119 Å². The van der Waals surface area contributed by atoms with Gasteiger partial charge in [0.2, 0.25) is 11.9 Å². The van der Waals surface area contributed by atoms with E-state index in [2.05, 4.69) is 20.6 Å². The number of fused-ring (bicyclic) bond motifs is 6. The molecule has 4 aromatic rings. The van der Waals surface area contributed by atoms with Crippen LogP contribution in [0.5, 0.6) is 5.75 Å². The summed E-state index contributed by atoms with van der Waals surface area (Å²) < 4.78 is 14.2. The monoisotopic (exact) mass is 499 g/mol. The van der Waals surface area contributed by atoms with Gasteiger partial charge in [0, 0.05) is 49.7 Å². The van der Waals surface area contributed by atoms with E-state index in [1.165, 1.54) is 0 Å².